The molecule has 2 atom stereocenters. The van der Waals surface area contributed by atoms with Crippen LogP contribution in [0.2, 0.25) is 0 Å². The van der Waals surface area contributed by atoms with Crippen molar-refractivity contribution in [3.05, 3.63) is 52.3 Å². The number of rotatable bonds is 6. The molecule has 1 aromatic carbocycles. The van der Waals surface area contributed by atoms with E-state index in [2.05, 4.69) is 29.4 Å². The number of carbonyl (C=O) groups is 2. The average Bonchev–Trinajstić information content (AvgIpc) is 3.26. The number of hydrogen-bond donors (Lipinski definition) is 1. The minimum atomic E-state index is -0.288. The van der Waals surface area contributed by atoms with Crippen molar-refractivity contribution in [3.63, 3.8) is 0 Å². The average molecular weight is 427 g/mol. The van der Waals surface area contributed by atoms with E-state index in [4.69, 9.17) is 9.15 Å². The Balaban J connectivity index is 1.32. The molecule has 0 unspecified atom stereocenters. The molecular formula is C23H26N2O4S. The molecule has 6 nitrogen and oxygen atoms in total. The highest BCUT2D eigenvalue weighted by Crippen LogP contribution is 2.32. The largest absolute Gasteiger partial charge is 0.441 e. The van der Waals surface area contributed by atoms with Crippen LogP contribution in [0.15, 0.2) is 39.7 Å². The van der Waals surface area contributed by atoms with Gasteiger partial charge in [0.15, 0.2) is 0 Å². The number of ether oxygens (including phenoxy) is 1. The van der Waals surface area contributed by atoms with Crippen LogP contribution in [0.3, 0.4) is 0 Å². The fourth-order valence-corrected chi connectivity index (χ4v) is 4.67. The van der Waals surface area contributed by atoms with E-state index in [0.29, 0.717) is 23.3 Å². The summed E-state index contributed by atoms with van der Waals surface area (Å²) in [6.45, 7) is 4.41. The third-order valence-electron chi connectivity index (χ3n) is 5.63. The highest BCUT2D eigenvalue weighted by molar-refractivity contribution is 8.18. The number of benzene rings is 1. The minimum Gasteiger partial charge on any atom is -0.441 e. The van der Waals surface area contributed by atoms with E-state index in [1.165, 1.54) is 5.56 Å². The lowest BCUT2D eigenvalue weighted by molar-refractivity contribution is -0.115. The third-order valence-corrected chi connectivity index (χ3v) is 6.49. The monoisotopic (exact) mass is 426 g/mol. The fraction of sp³-hybridized carbons (Fsp3) is 0.435. The first-order valence-electron chi connectivity index (χ1n) is 10.4. The number of oxazole rings is 1. The summed E-state index contributed by atoms with van der Waals surface area (Å²) in [5.74, 6) is 1.60. The number of amides is 2. The van der Waals surface area contributed by atoms with Gasteiger partial charge >= 0.3 is 0 Å². The maximum absolute atomic E-state index is 11.7. The first-order chi connectivity index (χ1) is 14.5. The number of nitrogens with one attached hydrogen (secondary N) is 1. The molecule has 4 rings (SSSR count). The maximum Gasteiger partial charge on any atom is 0.290 e. The lowest BCUT2D eigenvalue weighted by Crippen LogP contribution is -2.23. The van der Waals surface area contributed by atoms with Crippen LogP contribution in [0.1, 0.15) is 49.1 Å². The SMILES string of the molecule is Cc1cccc(-c2nc(CO[C@H]3CCC[C@@H](C/C=C4\SC(=O)NC4=O)C3)c(C)o2)c1. The number of aromatic nitrogens is 1. The van der Waals surface area contributed by atoms with E-state index in [-0.39, 0.29) is 17.3 Å². The van der Waals surface area contributed by atoms with Gasteiger partial charge in [-0.3, -0.25) is 14.9 Å². The summed E-state index contributed by atoms with van der Waals surface area (Å²) < 4.78 is 12.0. The van der Waals surface area contributed by atoms with E-state index < -0.39 is 0 Å². The second-order valence-electron chi connectivity index (χ2n) is 8.00. The van der Waals surface area contributed by atoms with Crippen LogP contribution in [-0.4, -0.2) is 22.2 Å². The molecule has 0 radical (unpaired) electrons. The number of carbonyl (C=O) groups excluding carboxylic acids is 2. The van der Waals surface area contributed by atoms with Crippen LogP contribution in [0, 0.1) is 19.8 Å². The van der Waals surface area contributed by atoms with Crippen molar-refractivity contribution in [3.8, 4) is 11.5 Å². The molecule has 1 N–H and O–H groups in total. The summed E-state index contributed by atoms with van der Waals surface area (Å²) in [5, 5.41) is 2.01. The molecule has 2 aromatic rings. The molecule has 1 aliphatic carbocycles. The standard InChI is InChI=1S/C23H26N2O4S/c1-14-5-3-7-17(11-14)22-24-19(15(2)29-22)13-28-18-8-4-6-16(12-18)9-10-20-21(26)25-23(27)30-20/h3,5,7,10-11,16,18H,4,6,8-9,12-13H2,1-2H3,(H,25,26,27)/b20-10-/t16-,18-/m0/s1. The zero-order chi connectivity index (χ0) is 21.1. The van der Waals surface area contributed by atoms with Crippen molar-refractivity contribution in [2.24, 2.45) is 5.92 Å². The highest BCUT2D eigenvalue weighted by atomic mass is 32.2. The Hall–Kier alpha value is -2.38. The van der Waals surface area contributed by atoms with Gasteiger partial charge in [-0.15, -0.1) is 0 Å². The van der Waals surface area contributed by atoms with E-state index in [1.807, 2.05) is 25.1 Å². The van der Waals surface area contributed by atoms with E-state index in [0.717, 1.165) is 60.9 Å². The Morgan fingerprint density at radius 2 is 2.17 bits per heavy atom. The van der Waals surface area contributed by atoms with Gasteiger partial charge in [0.2, 0.25) is 5.89 Å². The second-order valence-corrected chi connectivity index (χ2v) is 9.02. The van der Waals surface area contributed by atoms with Crippen LogP contribution in [0.25, 0.3) is 11.5 Å². The van der Waals surface area contributed by atoms with E-state index in [1.54, 1.807) is 0 Å². The minimum absolute atomic E-state index is 0.173. The first-order valence-corrected chi connectivity index (χ1v) is 11.2. The summed E-state index contributed by atoms with van der Waals surface area (Å²) in [5.41, 5.74) is 2.98. The quantitative estimate of drug-likeness (QED) is 0.632. The van der Waals surface area contributed by atoms with Crippen LogP contribution >= 0.6 is 11.8 Å². The van der Waals surface area contributed by atoms with Crippen molar-refractivity contribution in [1.29, 1.82) is 0 Å². The number of aryl methyl sites for hydroxylation is 2. The highest BCUT2D eigenvalue weighted by Gasteiger charge is 2.27. The molecule has 2 aliphatic rings. The van der Waals surface area contributed by atoms with Crippen LogP contribution in [-0.2, 0) is 16.1 Å². The van der Waals surface area contributed by atoms with Gasteiger partial charge in [-0.05, 0) is 69.3 Å². The predicted molar refractivity (Wildman–Crippen MR) is 116 cm³/mol. The smallest absolute Gasteiger partial charge is 0.290 e. The lowest BCUT2D eigenvalue weighted by Gasteiger charge is -2.28. The van der Waals surface area contributed by atoms with Crippen molar-refractivity contribution in [2.45, 2.75) is 58.7 Å². The lowest BCUT2D eigenvalue weighted by atomic mass is 9.85. The van der Waals surface area contributed by atoms with Crippen molar-refractivity contribution >= 4 is 22.9 Å². The molecule has 7 heteroatoms. The topological polar surface area (TPSA) is 81.4 Å². The van der Waals surface area contributed by atoms with Gasteiger partial charge in [0.1, 0.15) is 11.5 Å². The molecule has 1 aliphatic heterocycles. The van der Waals surface area contributed by atoms with Crippen molar-refractivity contribution in [2.75, 3.05) is 0 Å². The molecule has 0 bridgehead atoms. The number of hydrogen-bond acceptors (Lipinski definition) is 6. The van der Waals surface area contributed by atoms with Crippen LogP contribution < -0.4 is 5.32 Å². The van der Waals surface area contributed by atoms with Crippen molar-refractivity contribution in [1.82, 2.24) is 10.3 Å². The van der Waals surface area contributed by atoms with Gasteiger partial charge in [0, 0.05) is 5.56 Å². The molecule has 2 amide bonds. The molecular weight excluding hydrogens is 400 g/mol. The Morgan fingerprint density at radius 3 is 2.93 bits per heavy atom. The first kappa shape index (κ1) is 20.9. The molecule has 158 valence electrons. The van der Waals surface area contributed by atoms with Gasteiger partial charge in [-0.25, -0.2) is 4.98 Å². The molecule has 1 saturated heterocycles. The number of allylic oxidation sites excluding steroid dienone is 1. The van der Waals surface area contributed by atoms with E-state index in [9.17, 15) is 9.59 Å². The molecule has 30 heavy (non-hydrogen) atoms. The summed E-state index contributed by atoms with van der Waals surface area (Å²) in [6, 6.07) is 8.11. The zero-order valence-corrected chi connectivity index (χ0v) is 18.1. The normalized spacial score (nSPS) is 23.2. The van der Waals surface area contributed by atoms with Gasteiger partial charge in [-0.2, -0.15) is 0 Å². The third kappa shape index (κ3) is 5.02. The van der Waals surface area contributed by atoms with Crippen LogP contribution in [0.5, 0.6) is 0 Å². The molecule has 1 aromatic heterocycles. The number of thioether (sulfide) groups is 1. The predicted octanol–water partition coefficient (Wildman–Crippen LogP) is 5.29. The Bertz CT molecular complexity index is 981. The fourth-order valence-electron chi connectivity index (χ4n) is 4.00. The number of nitrogens with zero attached hydrogens (tertiary/aromatic N) is 1. The van der Waals surface area contributed by atoms with Gasteiger partial charge in [0.25, 0.3) is 11.1 Å². The molecule has 2 heterocycles. The van der Waals surface area contributed by atoms with Crippen LogP contribution in [0.4, 0.5) is 4.79 Å². The molecule has 2 fully saturated rings. The Morgan fingerprint density at radius 1 is 1.30 bits per heavy atom. The van der Waals surface area contributed by atoms with Gasteiger partial charge in [0.05, 0.1) is 17.6 Å². The maximum atomic E-state index is 11.7. The van der Waals surface area contributed by atoms with Gasteiger partial charge < -0.3 is 9.15 Å². The molecule has 1 saturated carbocycles. The summed E-state index contributed by atoms with van der Waals surface area (Å²) in [7, 11) is 0. The second kappa shape index (κ2) is 9.18. The molecule has 0 spiro atoms. The van der Waals surface area contributed by atoms with E-state index >= 15 is 0 Å². The zero-order valence-electron chi connectivity index (χ0n) is 17.3. The Labute approximate surface area is 180 Å². The Kier molecular flexibility index (Phi) is 6.39. The number of imide groups is 1. The van der Waals surface area contributed by atoms with Gasteiger partial charge in [-0.1, -0.05) is 30.2 Å². The summed E-state index contributed by atoms with van der Waals surface area (Å²) >= 11 is 0.985. The summed E-state index contributed by atoms with van der Waals surface area (Å²) in [6.07, 6.45) is 7.06. The summed E-state index contributed by atoms with van der Waals surface area (Å²) in [4.78, 5) is 28.1. The van der Waals surface area contributed by atoms with Crippen molar-refractivity contribution < 1.29 is 18.7 Å².